The van der Waals surface area contributed by atoms with Gasteiger partial charge in [-0.05, 0) is 37.3 Å². The van der Waals surface area contributed by atoms with E-state index in [9.17, 15) is 19.8 Å². The van der Waals surface area contributed by atoms with Crippen molar-refractivity contribution in [2.45, 2.75) is 44.3 Å². The number of ether oxygens (including phenoxy) is 2. The molecule has 0 aromatic rings. The molecule has 0 radical (unpaired) electrons. The number of halogens is 1. The van der Waals surface area contributed by atoms with Crippen LogP contribution in [-0.2, 0) is 19.1 Å². The summed E-state index contributed by atoms with van der Waals surface area (Å²) in [5, 5.41) is 19.4. The molecule has 0 aromatic carbocycles. The van der Waals surface area contributed by atoms with Crippen molar-refractivity contribution in [2.75, 3.05) is 19.1 Å². The number of carbonyl (C=O) groups excluding carboxylic acids is 2. The lowest BCUT2D eigenvalue weighted by Crippen LogP contribution is -2.39. The van der Waals surface area contributed by atoms with Crippen molar-refractivity contribution in [2.24, 2.45) is 5.92 Å². The molecule has 2 aliphatic rings. The van der Waals surface area contributed by atoms with Gasteiger partial charge in [0.05, 0.1) is 12.5 Å². The smallest absolute Gasteiger partial charge is 0.339 e. The number of rotatable bonds is 5. The Morgan fingerprint density at radius 3 is 2.85 bits per heavy atom. The predicted octanol–water partition coefficient (Wildman–Crippen LogP) is 2.04. The normalized spacial score (nSPS) is 26.2. The van der Waals surface area contributed by atoms with E-state index in [0.717, 1.165) is 11.1 Å². The van der Waals surface area contributed by atoms with Gasteiger partial charge in [0.1, 0.15) is 12.7 Å². The lowest BCUT2D eigenvalue weighted by atomic mass is 9.87. The number of aliphatic hydroxyl groups is 2. The van der Waals surface area contributed by atoms with Crippen LogP contribution in [0.25, 0.3) is 0 Å². The Hall–Kier alpha value is -1.63. The maximum absolute atomic E-state index is 11.9. The first kappa shape index (κ1) is 20.7. The molecule has 0 spiro atoms. The summed E-state index contributed by atoms with van der Waals surface area (Å²) in [6.07, 6.45) is 5.84. The fourth-order valence-electron chi connectivity index (χ4n) is 2.98. The molecule has 2 N–H and O–H groups in total. The maximum Gasteiger partial charge on any atom is 0.339 e. The number of carbonyl (C=O) groups is 2. The van der Waals surface area contributed by atoms with E-state index in [0.29, 0.717) is 31.3 Å². The van der Waals surface area contributed by atoms with E-state index in [2.05, 4.69) is 6.58 Å². The molecule has 0 bridgehead atoms. The third kappa shape index (κ3) is 4.96. The molecule has 0 amide bonds. The number of hydrogen-bond acceptors (Lipinski definition) is 6. The van der Waals surface area contributed by atoms with Crippen LogP contribution < -0.4 is 0 Å². The molecular weight excluding hydrogens is 360 g/mol. The average Bonchev–Trinajstić information content (AvgIpc) is 2.89. The fourth-order valence-corrected chi connectivity index (χ4v) is 3.09. The molecule has 0 saturated carbocycles. The first-order chi connectivity index (χ1) is 12.3. The minimum atomic E-state index is -1.73. The predicted molar refractivity (Wildman–Crippen MR) is 96.5 cm³/mol. The summed E-state index contributed by atoms with van der Waals surface area (Å²) in [7, 11) is 0. The van der Waals surface area contributed by atoms with Crippen LogP contribution >= 0.6 is 11.6 Å². The van der Waals surface area contributed by atoms with Gasteiger partial charge in [0, 0.05) is 17.9 Å². The van der Waals surface area contributed by atoms with E-state index in [4.69, 9.17) is 21.1 Å². The number of fused-ring (bicyclic) bond motifs is 1. The van der Waals surface area contributed by atoms with E-state index in [1.165, 1.54) is 6.92 Å². The Labute approximate surface area is 158 Å². The van der Waals surface area contributed by atoms with Crippen LogP contribution in [0.2, 0.25) is 0 Å². The second-order valence-corrected chi connectivity index (χ2v) is 7.19. The summed E-state index contributed by atoms with van der Waals surface area (Å²) in [6.45, 7) is 5.06. The van der Waals surface area contributed by atoms with Gasteiger partial charge in [0.2, 0.25) is 0 Å². The second-order valence-electron chi connectivity index (χ2n) is 6.92. The van der Waals surface area contributed by atoms with E-state index >= 15 is 0 Å². The molecule has 1 saturated heterocycles. The molecule has 26 heavy (non-hydrogen) atoms. The van der Waals surface area contributed by atoms with Crippen molar-refractivity contribution < 1.29 is 29.3 Å². The molecule has 7 heteroatoms. The number of esters is 2. The van der Waals surface area contributed by atoms with Crippen molar-refractivity contribution in [1.82, 2.24) is 0 Å². The molecule has 3 atom stereocenters. The third-order valence-corrected chi connectivity index (χ3v) is 5.25. The lowest BCUT2D eigenvalue weighted by molar-refractivity contribution is -0.160. The monoisotopic (exact) mass is 384 g/mol. The van der Waals surface area contributed by atoms with Gasteiger partial charge in [0.25, 0.3) is 0 Å². The van der Waals surface area contributed by atoms with Crippen molar-refractivity contribution in [3.63, 3.8) is 0 Å². The standard InChI is InChI=1S/C19H25ClO6/c1-12-15-7-6-13(10-25-18(23)19(2,24)11-20)4-3-5-14(9-21)8-16(15)26-17(12)22/h5-6,15-16,21,24H,1,3-4,7-11H2,2H3/t15-,16+,19+/m1/s1. The fraction of sp³-hybridized carbons (Fsp3) is 0.579. The van der Waals surface area contributed by atoms with Crippen LogP contribution in [0, 0.1) is 5.92 Å². The molecule has 0 unspecified atom stereocenters. The molecule has 2 rings (SSSR count). The van der Waals surface area contributed by atoms with Gasteiger partial charge in [-0.1, -0.05) is 18.7 Å². The summed E-state index contributed by atoms with van der Waals surface area (Å²) in [5.41, 5.74) is 0.370. The average molecular weight is 385 g/mol. The summed E-state index contributed by atoms with van der Waals surface area (Å²) < 4.78 is 10.6. The molecule has 1 aliphatic carbocycles. The number of allylic oxidation sites excluding steroid dienone is 2. The highest BCUT2D eigenvalue weighted by molar-refractivity contribution is 6.20. The quantitative estimate of drug-likeness (QED) is 0.326. The Bertz CT molecular complexity index is 634. The van der Waals surface area contributed by atoms with Crippen LogP contribution in [0.15, 0.2) is 35.5 Å². The van der Waals surface area contributed by atoms with Gasteiger partial charge in [-0.3, -0.25) is 0 Å². The lowest BCUT2D eigenvalue weighted by Gasteiger charge is -2.21. The maximum atomic E-state index is 11.9. The summed E-state index contributed by atoms with van der Waals surface area (Å²) in [4.78, 5) is 23.7. The largest absolute Gasteiger partial charge is 0.459 e. The highest BCUT2D eigenvalue weighted by Crippen LogP contribution is 2.34. The van der Waals surface area contributed by atoms with Crippen LogP contribution in [0.4, 0.5) is 0 Å². The van der Waals surface area contributed by atoms with Crippen molar-refractivity contribution in [3.8, 4) is 0 Å². The molecule has 144 valence electrons. The highest BCUT2D eigenvalue weighted by atomic mass is 35.5. The van der Waals surface area contributed by atoms with Gasteiger partial charge in [-0.25, -0.2) is 9.59 Å². The molecule has 1 fully saturated rings. The van der Waals surface area contributed by atoms with Gasteiger partial charge in [-0.15, -0.1) is 11.6 Å². The van der Waals surface area contributed by atoms with Crippen LogP contribution in [0.3, 0.4) is 0 Å². The number of aliphatic hydroxyl groups excluding tert-OH is 1. The number of hydrogen-bond donors (Lipinski definition) is 2. The highest BCUT2D eigenvalue weighted by Gasteiger charge is 2.38. The van der Waals surface area contributed by atoms with Gasteiger partial charge < -0.3 is 19.7 Å². The first-order valence-electron chi connectivity index (χ1n) is 8.60. The first-order valence-corrected chi connectivity index (χ1v) is 9.14. The zero-order chi connectivity index (χ0) is 19.3. The van der Waals surface area contributed by atoms with Crippen molar-refractivity contribution in [3.05, 3.63) is 35.5 Å². The Balaban J connectivity index is 2.12. The topological polar surface area (TPSA) is 93.1 Å². The van der Waals surface area contributed by atoms with Gasteiger partial charge >= 0.3 is 11.9 Å². The summed E-state index contributed by atoms with van der Waals surface area (Å²) >= 11 is 5.57. The Kier molecular flexibility index (Phi) is 7.03. The van der Waals surface area contributed by atoms with Crippen LogP contribution in [0.1, 0.15) is 32.6 Å². The van der Waals surface area contributed by atoms with Gasteiger partial charge in [0.15, 0.2) is 5.60 Å². The van der Waals surface area contributed by atoms with E-state index in [1.54, 1.807) is 0 Å². The minimum absolute atomic E-state index is 0.0346. The molecule has 6 nitrogen and oxygen atoms in total. The molecular formula is C19H25ClO6. The Morgan fingerprint density at radius 2 is 2.19 bits per heavy atom. The van der Waals surface area contributed by atoms with E-state index in [-0.39, 0.29) is 31.1 Å². The van der Waals surface area contributed by atoms with Crippen molar-refractivity contribution >= 4 is 23.5 Å². The van der Waals surface area contributed by atoms with E-state index < -0.39 is 17.5 Å². The summed E-state index contributed by atoms with van der Waals surface area (Å²) in [6, 6.07) is 0. The van der Waals surface area contributed by atoms with Gasteiger partial charge in [-0.2, -0.15) is 0 Å². The molecule has 1 aliphatic heterocycles. The summed E-state index contributed by atoms with van der Waals surface area (Å²) in [5.74, 6) is -1.61. The van der Waals surface area contributed by atoms with Crippen molar-refractivity contribution in [1.29, 1.82) is 0 Å². The minimum Gasteiger partial charge on any atom is -0.459 e. The van der Waals surface area contributed by atoms with Crippen LogP contribution in [0.5, 0.6) is 0 Å². The number of alkyl halides is 1. The van der Waals surface area contributed by atoms with E-state index in [1.807, 2.05) is 12.2 Å². The second kappa shape index (κ2) is 8.84. The zero-order valence-electron chi connectivity index (χ0n) is 14.9. The molecule has 0 aromatic heterocycles. The Morgan fingerprint density at radius 1 is 1.46 bits per heavy atom. The molecule has 1 heterocycles. The third-order valence-electron chi connectivity index (χ3n) is 4.73. The van der Waals surface area contributed by atoms with Crippen LogP contribution in [-0.4, -0.2) is 53.0 Å². The zero-order valence-corrected chi connectivity index (χ0v) is 15.6. The SMILES string of the molecule is C=C1C(=O)O[C@H]2CC(CO)=CCCC(COC(=O)[C@@](C)(O)CCl)=CC[C@H]12.